The molecule has 0 aliphatic heterocycles. The predicted octanol–water partition coefficient (Wildman–Crippen LogP) is 6.91. The summed E-state index contributed by atoms with van der Waals surface area (Å²) in [5, 5.41) is 4.39. The molecule has 8 heteroatoms. The minimum Gasteiger partial charge on any atom is -0.357 e. The Morgan fingerprint density at radius 1 is 0.943 bits per heavy atom. The first-order chi connectivity index (χ1) is 16.9. The van der Waals surface area contributed by atoms with Gasteiger partial charge in [-0.2, -0.15) is 0 Å². The lowest BCUT2D eigenvalue weighted by molar-refractivity contribution is -0.141. The molecule has 3 aromatic carbocycles. The molecule has 35 heavy (non-hydrogen) atoms. The number of halogens is 3. The molecule has 0 radical (unpaired) electrons. The fourth-order valence-electron chi connectivity index (χ4n) is 3.64. The molecule has 184 valence electrons. The summed E-state index contributed by atoms with van der Waals surface area (Å²) in [6.45, 7) is 0.212. The lowest BCUT2D eigenvalue weighted by Crippen LogP contribution is -2.49. The Balaban J connectivity index is 1.77. The summed E-state index contributed by atoms with van der Waals surface area (Å²) in [6.07, 6.45) is 1.38. The quantitative estimate of drug-likeness (QED) is 0.209. The number of carbonyl (C=O) groups is 2. The highest BCUT2D eigenvalue weighted by Crippen LogP contribution is 2.25. The van der Waals surface area contributed by atoms with Crippen molar-refractivity contribution in [3.63, 3.8) is 0 Å². The van der Waals surface area contributed by atoms with Crippen molar-refractivity contribution in [2.75, 3.05) is 12.8 Å². The van der Waals surface area contributed by atoms with Gasteiger partial charge in [-0.15, -0.1) is 11.8 Å². The maximum absolute atomic E-state index is 13.5. The third-order valence-corrected chi connectivity index (χ3v) is 7.43. The molecule has 0 spiro atoms. The monoisotopic (exact) mass is 548 g/mol. The molecule has 0 heterocycles. The fourth-order valence-corrected chi connectivity index (χ4v) is 5.09. The first-order valence-electron chi connectivity index (χ1n) is 11.2. The Morgan fingerprint density at radius 2 is 1.63 bits per heavy atom. The standard InChI is InChI=1S/C27H27Cl3N2O2S/c1-31-27(34)25(16-19-6-3-2-4-7-19)32(18-20-9-10-22(29)17-24(20)30)26(33)8-5-15-35-23-13-11-21(28)12-14-23/h2-4,6-7,9-14,17,25H,5,8,15-16,18H2,1H3,(H,31,34)/t25-/m1/s1. The second-order valence-corrected chi connectivity index (χ2v) is 10.4. The number of thioether (sulfide) groups is 1. The maximum Gasteiger partial charge on any atom is 0.242 e. The van der Waals surface area contributed by atoms with Crippen molar-refractivity contribution in [2.45, 2.75) is 36.7 Å². The second-order valence-electron chi connectivity index (χ2n) is 7.98. The summed E-state index contributed by atoms with van der Waals surface area (Å²) >= 11 is 20.1. The van der Waals surface area contributed by atoms with Crippen molar-refractivity contribution >= 4 is 58.4 Å². The predicted molar refractivity (Wildman–Crippen MR) is 146 cm³/mol. The Hall–Kier alpha value is -2.18. The molecule has 0 aromatic heterocycles. The first-order valence-corrected chi connectivity index (χ1v) is 13.4. The molecule has 0 aliphatic carbocycles. The number of hydrogen-bond donors (Lipinski definition) is 1. The number of benzene rings is 3. The van der Waals surface area contributed by atoms with Crippen LogP contribution in [-0.4, -0.2) is 35.6 Å². The highest BCUT2D eigenvalue weighted by Gasteiger charge is 2.30. The molecular weight excluding hydrogens is 523 g/mol. The lowest BCUT2D eigenvalue weighted by atomic mass is 10.0. The Bertz CT molecular complexity index is 1130. The van der Waals surface area contributed by atoms with Crippen molar-refractivity contribution < 1.29 is 9.59 Å². The van der Waals surface area contributed by atoms with Crippen molar-refractivity contribution in [1.29, 1.82) is 0 Å². The van der Waals surface area contributed by atoms with Crippen LogP contribution in [0.15, 0.2) is 77.7 Å². The van der Waals surface area contributed by atoms with Gasteiger partial charge in [0.15, 0.2) is 0 Å². The number of likely N-dealkylation sites (N-methyl/N-ethyl adjacent to an activating group) is 1. The second kappa shape index (κ2) is 13.8. The molecule has 0 saturated heterocycles. The van der Waals surface area contributed by atoms with Crippen molar-refractivity contribution in [1.82, 2.24) is 10.2 Å². The van der Waals surface area contributed by atoms with Crippen LogP contribution in [0.3, 0.4) is 0 Å². The molecule has 3 rings (SSSR count). The molecule has 0 bridgehead atoms. The lowest BCUT2D eigenvalue weighted by Gasteiger charge is -2.31. The van der Waals surface area contributed by atoms with Crippen LogP contribution in [0.4, 0.5) is 0 Å². The van der Waals surface area contributed by atoms with E-state index in [2.05, 4.69) is 5.32 Å². The highest BCUT2D eigenvalue weighted by molar-refractivity contribution is 7.99. The number of rotatable bonds is 11. The Kier molecular flexibility index (Phi) is 10.8. The summed E-state index contributed by atoms with van der Waals surface area (Å²) in [5.74, 6) is 0.451. The van der Waals surface area contributed by atoms with Gasteiger partial charge in [0.25, 0.3) is 0 Å². The van der Waals surface area contributed by atoms with Crippen LogP contribution in [0.25, 0.3) is 0 Å². The molecule has 2 amide bonds. The van der Waals surface area contributed by atoms with Gasteiger partial charge in [0.2, 0.25) is 11.8 Å². The van der Waals surface area contributed by atoms with Crippen molar-refractivity contribution in [2.24, 2.45) is 0 Å². The van der Waals surface area contributed by atoms with E-state index in [4.69, 9.17) is 34.8 Å². The Labute approximate surface area is 225 Å². The van der Waals surface area contributed by atoms with Gasteiger partial charge in [-0.3, -0.25) is 9.59 Å². The maximum atomic E-state index is 13.5. The van der Waals surface area contributed by atoms with E-state index in [1.807, 2.05) is 54.6 Å². The van der Waals surface area contributed by atoms with Crippen LogP contribution in [0.5, 0.6) is 0 Å². The fraction of sp³-hybridized carbons (Fsp3) is 0.259. The zero-order valence-electron chi connectivity index (χ0n) is 19.3. The van der Waals surface area contributed by atoms with E-state index in [0.29, 0.717) is 34.3 Å². The number of nitrogens with zero attached hydrogens (tertiary/aromatic N) is 1. The normalized spacial score (nSPS) is 11.7. The van der Waals surface area contributed by atoms with Crippen LogP contribution in [-0.2, 0) is 22.6 Å². The van der Waals surface area contributed by atoms with Crippen LogP contribution in [0, 0.1) is 0 Å². The third kappa shape index (κ3) is 8.46. The van der Waals surface area contributed by atoms with Crippen LogP contribution >= 0.6 is 46.6 Å². The average molecular weight is 550 g/mol. The van der Waals surface area contributed by atoms with Crippen LogP contribution in [0.2, 0.25) is 15.1 Å². The van der Waals surface area contributed by atoms with E-state index >= 15 is 0 Å². The molecule has 1 atom stereocenters. The summed E-state index contributed by atoms with van der Waals surface area (Å²) < 4.78 is 0. The largest absolute Gasteiger partial charge is 0.357 e. The summed E-state index contributed by atoms with van der Waals surface area (Å²) in [4.78, 5) is 29.2. The topological polar surface area (TPSA) is 49.4 Å². The zero-order valence-corrected chi connectivity index (χ0v) is 22.4. The van der Waals surface area contributed by atoms with E-state index in [-0.39, 0.29) is 18.4 Å². The molecular formula is C27H27Cl3N2O2S. The van der Waals surface area contributed by atoms with Crippen molar-refractivity contribution in [3.8, 4) is 0 Å². The first kappa shape index (κ1) is 27.4. The van der Waals surface area contributed by atoms with E-state index in [1.165, 1.54) is 0 Å². The zero-order chi connectivity index (χ0) is 25.2. The molecule has 4 nitrogen and oxygen atoms in total. The summed E-state index contributed by atoms with van der Waals surface area (Å²) in [5.41, 5.74) is 1.71. The summed E-state index contributed by atoms with van der Waals surface area (Å²) in [6, 6.07) is 21.8. The van der Waals surface area contributed by atoms with E-state index in [0.717, 1.165) is 21.8 Å². The van der Waals surface area contributed by atoms with Gasteiger partial charge >= 0.3 is 0 Å². The van der Waals surface area contributed by atoms with Gasteiger partial charge in [-0.1, -0.05) is 71.2 Å². The number of nitrogens with one attached hydrogen (secondary N) is 1. The Morgan fingerprint density at radius 3 is 2.29 bits per heavy atom. The van der Waals surface area contributed by atoms with Crippen LogP contribution in [0.1, 0.15) is 24.0 Å². The molecule has 0 saturated carbocycles. The average Bonchev–Trinajstić information content (AvgIpc) is 2.86. The van der Waals surface area contributed by atoms with Gasteiger partial charge in [-0.25, -0.2) is 0 Å². The summed E-state index contributed by atoms with van der Waals surface area (Å²) in [7, 11) is 1.58. The molecule has 0 aliphatic rings. The van der Waals surface area contributed by atoms with Crippen LogP contribution < -0.4 is 5.32 Å². The van der Waals surface area contributed by atoms with Crippen molar-refractivity contribution in [3.05, 3.63) is 99.0 Å². The highest BCUT2D eigenvalue weighted by atomic mass is 35.5. The van der Waals surface area contributed by atoms with Gasteiger partial charge in [0, 0.05) is 46.4 Å². The van der Waals surface area contributed by atoms with E-state index in [1.54, 1.807) is 41.9 Å². The minimum atomic E-state index is -0.675. The number of hydrogen-bond acceptors (Lipinski definition) is 3. The minimum absolute atomic E-state index is 0.0998. The smallest absolute Gasteiger partial charge is 0.242 e. The van der Waals surface area contributed by atoms with Gasteiger partial charge in [0.05, 0.1) is 0 Å². The SMILES string of the molecule is CNC(=O)[C@@H](Cc1ccccc1)N(Cc1ccc(Cl)cc1Cl)C(=O)CCCSc1ccc(Cl)cc1. The molecule has 1 N–H and O–H groups in total. The third-order valence-electron chi connectivity index (χ3n) is 5.49. The van der Waals surface area contributed by atoms with Gasteiger partial charge in [-0.05, 0) is 59.7 Å². The van der Waals surface area contributed by atoms with E-state index < -0.39 is 6.04 Å². The molecule has 0 fully saturated rings. The number of carbonyl (C=O) groups excluding carboxylic acids is 2. The van der Waals surface area contributed by atoms with Gasteiger partial charge in [0.1, 0.15) is 6.04 Å². The molecule has 0 unspecified atom stereocenters. The van der Waals surface area contributed by atoms with E-state index in [9.17, 15) is 9.59 Å². The van der Waals surface area contributed by atoms with Gasteiger partial charge < -0.3 is 10.2 Å². The number of amides is 2. The molecule has 3 aromatic rings.